The molecule has 4 aliphatic rings. The Morgan fingerprint density at radius 3 is 2.65 bits per heavy atom. The van der Waals surface area contributed by atoms with Gasteiger partial charge in [0.15, 0.2) is 0 Å². The number of rotatable bonds is 0. The van der Waals surface area contributed by atoms with E-state index < -0.39 is 0 Å². The van der Waals surface area contributed by atoms with Crippen molar-refractivity contribution in [2.75, 3.05) is 6.54 Å². The van der Waals surface area contributed by atoms with Crippen LogP contribution in [0.3, 0.4) is 0 Å². The third-order valence-electron chi connectivity index (χ3n) is 8.42. The van der Waals surface area contributed by atoms with Crippen molar-refractivity contribution in [3.8, 4) is 0 Å². The Labute approximate surface area is 140 Å². The second-order valence-electron chi connectivity index (χ2n) is 9.23. The molecule has 1 saturated heterocycles. The molecule has 6 atom stereocenters. The Balaban J connectivity index is 1.64. The van der Waals surface area contributed by atoms with Gasteiger partial charge in [-0.25, -0.2) is 0 Å². The first-order valence-corrected chi connectivity index (χ1v) is 9.75. The maximum atomic E-state index is 12.5. The number of Topliss-reactive ketones (excluding diaryl/α,β-unsaturated/α-hetero) is 1. The van der Waals surface area contributed by atoms with Gasteiger partial charge in [0.1, 0.15) is 5.78 Å². The molecule has 0 bridgehead atoms. The van der Waals surface area contributed by atoms with Gasteiger partial charge < -0.3 is 5.32 Å². The quantitative estimate of drug-likeness (QED) is 0.740. The number of fused-ring (bicyclic) bond motifs is 5. The number of carbonyl (C=O) groups excluding carboxylic acids is 2. The van der Waals surface area contributed by atoms with Crippen LogP contribution in [0.5, 0.6) is 0 Å². The lowest BCUT2D eigenvalue weighted by molar-refractivity contribution is -0.140. The minimum absolute atomic E-state index is 0.0244. The normalized spacial score (nSPS) is 50.2. The summed E-state index contributed by atoms with van der Waals surface area (Å²) in [7, 11) is 0. The van der Waals surface area contributed by atoms with Gasteiger partial charge in [-0.15, -0.1) is 0 Å². The zero-order valence-electron chi connectivity index (χ0n) is 14.7. The SMILES string of the molecule is CC12CCC3C(CCC4CC(=O)NCCCC43C)C1CCC2=O. The molecule has 0 aromatic rings. The van der Waals surface area contributed by atoms with Crippen LogP contribution in [0.1, 0.15) is 71.6 Å². The number of ketones is 1. The number of nitrogens with one attached hydrogen (secondary N) is 1. The highest BCUT2D eigenvalue weighted by molar-refractivity contribution is 5.87. The molecule has 1 heterocycles. The van der Waals surface area contributed by atoms with Crippen LogP contribution in [-0.2, 0) is 9.59 Å². The highest BCUT2D eigenvalue weighted by Gasteiger charge is 2.59. The summed E-state index contributed by atoms with van der Waals surface area (Å²) in [5.74, 6) is 3.41. The summed E-state index contributed by atoms with van der Waals surface area (Å²) < 4.78 is 0. The Kier molecular flexibility index (Phi) is 3.62. The van der Waals surface area contributed by atoms with Gasteiger partial charge in [-0.2, -0.15) is 0 Å². The van der Waals surface area contributed by atoms with E-state index in [-0.39, 0.29) is 11.3 Å². The van der Waals surface area contributed by atoms with Gasteiger partial charge in [0.25, 0.3) is 0 Å². The molecule has 3 saturated carbocycles. The van der Waals surface area contributed by atoms with Gasteiger partial charge >= 0.3 is 0 Å². The Morgan fingerprint density at radius 2 is 1.83 bits per heavy atom. The fraction of sp³-hybridized carbons (Fsp3) is 0.900. The van der Waals surface area contributed by atoms with Crippen molar-refractivity contribution >= 4 is 11.7 Å². The molecule has 1 amide bonds. The van der Waals surface area contributed by atoms with Crippen molar-refractivity contribution in [2.24, 2.45) is 34.5 Å². The summed E-state index contributed by atoms with van der Waals surface area (Å²) in [6, 6.07) is 0. The molecule has 0 radical (unpaired) electrons. The Morgan fingerprint density at radius 1 is 1.00 bits per heavy atom. The highest BCUT2D eigenvalue weighted by atomic mass is 16.1. The number of hydrogen-bond acceptors (Lipinski definition) is 2. The minimum atomic E-state index is -0.0244. The third-order valence-corrected chi connectivity index (χ3v) is 8.42. The first-order chi connectivity index (χ1) is 10.9. The summed E-state index contributed by atoms with van der Waals surface area (Å²) >= 11 is 0. The average Bonchev–Trinajstić information content (AvgIpc) is 2.81. The minimum Gasteiger partial charge on any atom is -0.356 e. The molecule has 23 heavy (non-hydrogen) atoms. The van der Waals surface area contributed by atoms with Crippen LogP contribution >= 0.6 is 0 Å². The Hall–Kier alpha value is -0.860. The summed E-state index contributed by atoms with van der Waals surface area (Å²) in [4.78, 5) is 24.6. The number of amides is 1. The zero-order chi connectivity index (χ0) is 16.2. The lowest BCUT2D eigenvalue weighted by atomic mass is 9.46. The van der Waals surface area contributed by atoms with Gasteiger partial charge in [-0.1, -0.05) is 13.8 Å². The molecule has 4 fully saturated rings. The van der Waals surface area contributed by atoms with Crippen molar-refractivity contribution in [1.29, 1.82) is 0 Å². The molecular formula is C20H31NO2. The lowest BCUT2D eigenvalue weighted by Gasteiger charge is -2.58. The lowest BCUT2D eigenvalue weighted by Crippen LogP contribution is -2.53. The smallest absolute Gasteiger partial charge is 0.220 e. The van der Waals surface area contributed by atoms with E-state index in [2.05, 4.69) is 19.2 Å². The van der Waals surface area contributed by atoms with E-state index in [9.17, 15) is 9.59 Å². The molecule has 3 heteroatoms. The van der Waals surface area contributed by atoms with Crippen LogP contribution in [0.4, 0.5) is 0 Å². The highest BCUT2D eigenvalue weighted by Crippen LogP contribution is 2.64. The molecule has 1 N–H and O–H groups in total. The van der Waals surface area contributed by atoms with Crippen molar-refractivity contribution < 1.29 is 9.59 Å². The van der Waals surface area contributed by atoms with Crippen LogP contribution < -0.4 is 5.32 Å². The summed E-state index contributed by atoms with van der Waals surface area (Å²) in [6.07, 6.45) is 9.74. The van der Waals surface area contributed by atoms with Gasteiger partial charge in [-0.05, 0) is 74.0 Å². The molecule has 0 aromatic heterocycles. The van der Waals surface area contributed by atoms with Crippen LogP contribution in [0, 0.1) is 34.5 Å². The largest absolute Gasteiger partial charge is 0.356 e. The topological polar surface area (TPSA) is 46.2 Å². The third kappa shape index (κ3) is 2.21. The van der Waals surface area contributed by atoms with E-state index in [1.54, 1.807) is 0 Å². The van der Waals surface area contributed by atoms with Crippen molar-refractivity contribution in [3.05, 3.63) is 0 Å². The Bertz CT molecular complexity index is 530. The van der Waals surface area contributed by atoms with Crippen LogP contribution in [-0.4, -0.2) is 18.2 Å². The van der Waals surface area contributed by atoms with E-state index in [0.29, 0.717) is 23.0 Å². The van der Waals surface area contributed by atoms with Gasteiger partial charge in [0.05, 0.1) is 0 Å². The van der Waals surface area contributed by atoms with Crippen molar-refractivity contribution in [2.45, 2.75) is 71.6 Å². The fourth-order valence-electron chi connectivity index (χ4n) is 7.02. The molecule has 6 unspecified atom stereocenters. The molecule has 4 rings (SSSR count). The van der Waals surface area contributed by atoms with Crippen LogP contribution in [0.25, 0.3) is 0 Å². The van der Waals surface area contributed by atoms with Crippen LogP contribution in [0.2, 0.25) is 0 Å². The van der Waals surface area contributed by atoms with Gasteiger partial charge in [0, 0.05) is 24.8 Å². The molecular weight excluding hydrogens is 286 g/mol. The standard InChI is InChI=1S/C20H31NO2/c1-19-9-3-11-21-18(23)12-13(19)4-5-14-15-6-7-17(22)20(15,2)10-8-16(14)19/h13-16H,3-12H2,1-2H3,(H,21,23). The average molecular weight is 317 g/mol. The predicted molar refractivity (Wildman–Crippen MR) is 89.7 cm³/mol. The van der Waals surface area contributed by atoms with E-state index in [4.69, 9.17) is 0 Å². The van der Waals surface area contributed by atoms with Crippen molar-refractivity contribution in [3.63, 3.8) is 0 Å². The maximum Gasteiger partial charge on any atom is 0.220 e. The maximum absolute atomic E-state index is 12.5. The first-order valence-electron chi connectivity index (χ1n) is 9.75. The van der Waals surface area contributed by atoms with E-state index >= 15 is 0 Å². The molecule has 3 aliphatic carbocycles. The summed E-state index contributed by atoms with van der Waals surface area (Å²) in [6.45, 7) is 5.58. The number of carbonyl (C=O) groups is 2. The van der Waals surface area contributed by atoms with Crippen molar-refractivity contribution in [1.82, 2.24) is 5.32 Å². The van der Waals surface area contributed by atoms with E-state index in [1.807, 2.05) is 0 Å². The molecule has 1 aliphatic heterocycles. The second-order valence-corrected chi connectivity index (χ2v) is 9.23. The van der Waals surface area contributed by atoms with Crippen LogP contribution in [0.15, 0.2) is 0 Å². The molecule has 128 valence electrons. The fourth-order valence-corrected chi connectivity index (χ4v) is 7.02. The second kappa shape index (κ2) is 5.32. The first kappa shape index (κ1) is 15.7. The monoisotopic (exact) mass is 317 g/mol. The molecule has 3 nitrogen and oxygen atoms in total. The molecule has 0 aromatic carbocycles. The predicted octanol–water partition coefficient (Wildman–Crippen LogP) is 3.71. The van der Waals surface area contributed by atoms with E-state index in [1.165, 1.54) is 25.7 Å². The zero-order valence-corrected chi connectivity index (χ0v) is 14.7. The molecule has 0 spiro atoms. The summed E-state index contributed by atoms with van der Waals surface area (Å²) in [5.41, 5.74) is 0.289. The van der Waals surface area contributed by atoms with Gasteiger partial charge in [0.2, 0.25) is 5.91 Å². The van der Waals surface area contributed by atoms with E-state index in [0.717, 1.165) is 50.5 Å². The van der Waals surface area contributed by atoms with Gasteiger partial charge in [-0.3, -0.25) is 9.59 Å². The number of hydrogen-bond donors (Lipinski definition) is 1. The summed E-state index contributed by atoms with van der Waals surface area (Å²) in [5, 5.41) is 3.07.